The molecule has 0 radical (unpaired) electrons. The van der Waals surface area contributed by atoms with E-state index < -0.39 is 11.3 Å². The predicted octanol–water partition coefficient (Wildman–Crippen LogP) is 0.0241. The van der Waals surface area contributed by atoms with Crippen LogP contribution in [0.3, 0.4) is 0 Å². The Morgan fingerprint density at radius 2 is 1.75 bits per heavy atom. The second-order valence-corrected chi connectivity index (χ2v) is 2.73. The summed E-state index contributed by atoms with van der Waals surface area (Å²) in [6, 6.07) is 0. The molecule has 0 aliphatic rings. The highest BCUT2D eigenvalue weighted by atomic mass is 16.2. The van der Waals surface area contributed by atoms with E-state index >= 15 is 0 Å². The van der Waals surface area contributed by atoms with Crippen LogP contribution < -0.4 is 11.1 Å². The molecule has 0 fully saturated rings. The molecular formula is C8H16N2O2. The number of hydrogen-bond donors (Lipinski definition) is 2. The van der Waals surface area contributed by atoms with E-state index in [1.54, 1.807) is 13.8 Å². The highest BCUT2D eigenvalue weighted by Crippen LogP contribution is 2.25. The third-order valence-corrected chi connectivity index (χ3v) is 2.34. The van der Waals surface area contributed by atoms with E-state index in [2.05, 4.69) is 5.32 Å². The van der Waals surface area contributed by atoms with Crippen LogP contribution in [0.4, 0.5) is 0 Å². The zero-order chi connectivity index (χ0) is 9.78. The van der Waals surface area contributed by atoms with Crippen molar-refractivity contribution in [3.05, 3.63) is 0 Å². The Bertz CT molecular complexity index is 185. The summed E-state index contributed by atoms with van der Waals surface area (Å²) in [6.45, 7) is 3.56. The molecule has 0 spiro atoms. The van der Waals surface area contributed by atoms with Gasteiger partial charge in [-0.05, 0) is 12.8 Å². The van der Waals surface area contributed by atoms with Gasteiger partial charge in [-0.2, -0.15) is 0 Å². The van der Waals surface area contributed by atoms with Crippen LogP contribution in [-0.2, 0) is 9.59 Å². The van der Waals surface area contributed by atoms with E-state index in [-0.39, 0.29) is 5.91 Å². The summed E-state index contributed by atoms with van der Waals surface area (Å²) in [5.74, 6) is -0.841. The fraction of sp³-hybridized carbons (Fsp3) is 0.750. The lowest BCUT2D eigenvalue weighted by Crippen LogP contribution is -2.48. The van der Waals surface area contributed by atoms with E-state index in [1.165, 1.54) is 7.05 Å². The van der Waals surface area contributed by atoms with Crippen molar-refractivity contribution in [3.8, 4) is 0 Å². The van der Waals surface area contributed by atoms with Gasteiger partial charge in [0.15, 0.2) is 0 Å². The molecule has 3 N–H and O–H groups in total. The molecule has 0 unspecified atom stereocenters. The van der Waals surface area contributed by atoms with E-state index in [0.717, 1.165) is 0 Å². The number of rotatable bonds is 4. The highest BCUT2D eigenvalue weighted by molar-refractivity contribution is 6.04. The van der Waals surface area contributed by atoms with Crippen LogP contribution in [0.1, 0.15) is 26.7 Å². The summed E-state index contributed by atoms with van der Waals surface area (Å²) in [7, 11) is 1.51. The number of carbonyl (C=O) groups is 2. The van der Waals surface area contributed by atoms with Gasteiger partial charge in [-0.1, -0.05) is 13.8 Å². The Hall–Kier alpha value is -1.06. The van der Waals surface area contributed by atoms with Gasteiger partial charge < -0.3 is 11.1 Å². The topological polar surface area (TPSA) is 72.2 Å². The van der Waals surface area contributed by atoms with Gasteiger partial charge in [-0.3, -0.25) is 9.59 Å². The highest BCUT2D eigenvalue weighted by Gasteiger charge is 2.40. The van der Waals surface area contributed by atoms with E-state index in [9.17, 15) is 9.59 Å². The van der Waals surface area contributed by atoms with Crippen molar-refractivity contribution >= 4 is 11.8 Å². The molecule has 0 bridgehead atoms. The molecule has 0 aliphatic carbocycles. The Labute approximate surface area is 72.5 Å². The van der Waals surface area contributed by atoms with Gasteiger partial charge in [0.25, 0.3) is 0 Å². The molecule has 0 rings (SSSR count). The van der Waals surface area contributed by atoms with E-state index in [4.69, 9.17) is 5.73 Å². The first-order valence-electron chi connectivity index (χ1n) is 4.07. The minimum absolute atomic E-state index is 0.292. The zero-order valence-corrected chi connectivity index (χ0v) is 7.81. The number of nitrogens with two attached hydrogens (primary N) is 1. The van der Waals surface area contributed by atoms with Crippen molar-refractivity contribution in [1.82, 2.24) is 5.32 Å². The SMILES string of the molecule is CCC(CC)(C(N)=O)C(=O)NC. The summed E-state index contributed by atoms with van der Waals surface area (Å²) < 4.78 is 0. The standard InChI is InChI=1S/C8H16N2O2/c1-4-8(5-2,6(9)11)7(12)10-3/h4-5H2,1-3H3,(H2,9,11)(H,10,12). The minimum atomic E-state index is -1.02. The zero-order valence-electron chi connectivity index (χ0n) is 7.81. The van der Waals surface area contributed by atoms with Gasteiger partial charge in [-0.15, -0.1) is 0 Å². The number of nitrogens with one attached hydrogen (secondary N) is 1. The van der Waals surface area contributed by atoms with Gasteiger partial charge >= 0.3 is 0 Å². The third-order valence-electron chi connectivity index (χ3n) is 2.34. The molecule has 4 nitrogen and oxygen atoms in total. The molecular weight excluding hydrogens is 156 g/mol. The predicted molar refractivity (Wildman–Crippen MR) is 46.3 cm³/mol. The monoisotopic (exact) mass is 172 g/mol. The van der Waals surface area contributed by atoms with Gasteiger partial charge in [0.2, 0.25) is 11.8 Å². The Kier molecular flexibility index (Phi) is 3.73. The van der Waals surface area contributed by atoms with Crippen LogP contribution >= 0.6 is 0 Å². The summed E-state index contributed by atoms with van der Waals surface area (Å²) in [6.07, 6.45) is 0.886. The lowest BCUT2D eigenvalue weighted by Gasteiger charge is -2.25. The van der Waals surface area contributed by atoms with Crippen LogP contribution in [0.2, 0.25) is 0 Å². The van der Waals surface area contributed by atoms with Crippen molar-refractivity contribution < 1.29 is 9.59 Å². The second-order valence-electron chi connectivity index (χ2n) is 2.73. The molecule has 0 atom stereocenters. The van der Waals surface area contributed by atoms with E-state index in [1.807, 2.05) is 0 Å². The molecule has 0 aliphatic heterocycles. The molecule has 0 saturated heterocycles. The Balaban J connectivity index is 4.82. The quantitative estimate of drug-likeness (QED) is 0.587. The van der Waals surface area contributed by atoms with Gasteiger partial charge in [0.1, 0.15) is 5.41 Å². The molecule has 0 saturated carbocycles. The average Bonchev–Trinajstić information content (AvgIpc) is 2.06. The first-order valence-corrected chi connectivity index (χ1v) is 4.07. The van der Waals surface area contributed by atoms with Crippen molar-refractivity contribution in [2.24, 2.45) is 11.1 Å². The minimum Gasteiger partial charge on any atom is -0.369 e. The number of carbonyl (C=O) groups excluding carboxylic acids is 2. The lowest BCUT2D eigenvalue weighted by atomic mass is 9.81. The first kappa shape index (κ1) is 10.9. The smallest absolute Gasteiger partial charge is 0.235 e. The Morgan fingerprint density at radius 1 is 1.33 bits per heavy atom. The molecule has 0 aromatic rings. The van der Waals surface area contributed by atoms with Crippen LogP contribution in [-0.4, -0.2) is 18.9 Å². The van der Waals surface area contributed by atoms with Gasteiger partial charge in [0, 0.05) is 7.05 Å². The van der Waals surface area contributed by atoms with Crippen molar-refractivity contribution in [2.45, 2.75) is 26.7 Å². The number of primary amides is 1. The molecule has 0 heterocycles. The van der Waals surface area contributed by atoms with Crippen LogP contribution in [0.25, 0.3) is 0 Å². The number of amides is 2. The first-order chi connectivity index (χ1) is 5.55. The van der Waals surface area contributed by atoms with Crippen LogP contribution in [0.15, 0.2) is 0 Å². The summed E-state index contributed by atoms with van der Waals surface area (Å²) in [4.78, 5) is 22.4. The van der Waals surface area contributed by atoms with Crippen LogP contribution in [0.5, 0.6) is 0 Å². The Morgan fingerprint density at radius 3 is 1.83 bits per heavy atom. The second kappa shape index (κ2) is 4.09. The molecule has 0 aromatic carbocycles. The van der Waals surface area contributed by atoms with Crippen LogP contribution in [0, 0.1) is 5.41 Å². The third kappa shape index (κ3) is 1.57. The normalized spacial score (nSPS) is 10.9. The number of hydrogen-bond acceptors (Lipinski definition) is 2. The average molecular weight is 172 g/mol. The molecule has 0 aromatic heterocycles. The molecule has 2 amide bonds. The van der Waals surface area contributed by atoms with Gasteiger partial charge in [-0.25, -0.2) is 0 Å². The molecule has 70 valence electrons. The van der Waals surface area contributed by atoms with Gasteiger partial charge in [0.05, 0.1) is 0 Å². The van der Waals surface area contributed by atoms with E-state index in [0.29, 0.717) is 12.8 Å². The lowest BCUT2D eigenvalue weighted by molar-refractivity contribution is -0.142. The van der Waals surface area contributed by atoms with Crippen molar-refractivity contribution in [1.29, 1.82) is 0 Å². The fourth-order valence-corrected chi connectivity index (χ4v) is 1.27. The maximum Gasteiger partial charge on any atom is 0.235 e. The molecule has 12 heavy (non-hydrogen) atoms. The fourth-order valence-electron chi connectivity index (χ4n) is 1.27. The maximum absolute atomic E-state index is 11.3. The summed E-state index contributed by atoms with van der Waals surface area (Å²) in [5.41, 5.74) is 4.15. The summed E-state index contributed by atoms with van der Waals surface area (Å²) >= 11 is 0. The largest absolute Gasteiger partial charge is 0.369 e. The summed E-state index contributed by atoms with van der Waals surface area (Å²) in [5, 5.41) is 2.45. The van der Waals surface area contributed by atoms with Crippen molar-refractivity contribution in [2.75, 3.05) is 7.05 Å². The maximum atomic E-state index is 11.3. The van der Waals surface area contributed by atoms with Crippen molar-refractivity contribution in [3.63, 3.8) is 0 Å². The molecule has 4 heteroatoms.